The molecule has 4 nitrogen and oxygen atoms in total. The predicted octanol–water partition coefficient (Wildman–Crippen LogP) is 4.22. The average molecular weight is 353 g/mol. The van der Waals surface area contributed by atoms with Gasteiger partial charge in [-0.25, -0.2) is 4.39 Å². The Morgan fingerprint density at radius 1 is 1.20 bits per heavy atom. The molecule has 0 aliphatic heterocycles. The summed E-state index contributed by atoms with van der Waals surface area (Å²) in [5.41, 5.74) is -0.580. The minimum absolute atomic E-state index is 0.0826. The van der Waals surface area contributed by atoms with Gasteiger partial charge < -0.3 is 10.6 Å². The van der Waals surface area contributed by atoms with Crippen molar-refractivity contribution >= 4 is 17.3 Å². The third kappa shape index (κ3) is 3.72. The van der Waals surface area contributed by atoms with Crippen LogP contribution in [0.3, 0.4) is 0 Å². The first-order valence-electron chi connectivity index (χ1n) is 7.65. The zero-order chi connectivity index (χ0) is 18.2. The smallest absolute Gasteiger partial charge is 0.355 e. The lowest BCUT2D eigenvalue weighted by molar-refractivity contribution is -0.137. The number of nitrogens with zero attached hydrogens (tertiary/aromatic N) is 1. The molecule has 1 aliphatic rings. The fourth-order valence-electron chi connectivity index (χ4n) is 2.50. The summed E-state index contributed by atoms with van der Waals surface area (Å²) in [5.74, 6) is -1.10. The van der Waals surface area contributed by atoms with E-state index in [0.29, 0.717) is 5.69 Å². The molecule has 0 spiro atoms. The summed E-state index contributed by atoms with van der Waals surface area (Å²) in [6.45, 7) is 0. The lowest BCUT2D eigenvalue weighted by Gasteiger charge is -2.17. The molecule has 1 fully saturated rings. The quantitative estimate of drug-likeness (QED) is 0.809. The number of anilines is 2. The van der Waals surface area contributed by atoms with E-state index in [-0.39, 0.29) is 22.9 Å². The molecule has 132 valence electrons. The molecule has 3 rings (SSSR count). The highest BCUT2D eigenvalue weighted by Crippen LogP contribution is 2.43. The number of aromatic nitrogens is 1. The fourth-order valence-corrected chi connectivity index (χ4v) is 2.50. The van der Waals surface area contributed by atoms with Gasteiger partial charge >= 0.3 is 6.18 Å². The Hall–Kier alpha value is -2.64. The molecule has 0 unspecified atom stereocenters. The zero-order valence-corrected chi connectivity index (χ0v) is 13.2. The van der Waals surface area contributed by atoms with Crippen LogP contribution in [-0.4, -0.2) is 17.9 Å². The number of carbonyl (C=O) groups excluding carboxylic acids is 1. The second-order valence-electron chi connectivity index (χ2n) is 5.82. The summed E-state index contributed by atoms with van der Waals surface area (Å²) in [4.78, 5) is 15.8. The van der Waals surface area contributed by atoms with Crippen molar-refractivity contribution in [3.63, 3.8) is 0 Å². The maximum atomic E-state index is 13.4. The van der Waals surface area contributed by atoms with Crippen LogP contribution < -0.4 is 10.6 Å². The molecule has 8 heteroatoms. The average Bonchev–Trinajstić information content (AvgIpc) is 3.39. The predicted molar refractivity (Wildman–Crippen MR) is 84.3 cm³/mol. The molecule has 0 radical (unpaired) electrons. The first-order valence-corrected chi connectivity index (χ1v) is 7.65. The largest absolute Gasteiger partial charge is 0.419 e. The van der Waals surface area contributed by atoms with E-state index in [1.54, 1.807) is 0 Å². The van der Waals surface area contributed by atoms with Gasteiger partial charge in [-0.3, -0.25) is 9.78 Å². The monoisotopic (exact) mass is 353 g/mol. The molecule has 1 amide bonds. The van der Waals surface area contributed by atoms with Crippen LogP contribution in [0.15, 0.2) is 30.5 Å². The van der Waals surface area contributed by atoms with Crippen LogP contribution in [0.2, 0.25) is 0 Å². The van der Waals surface area contributed by atoms with Crippen molar-refractivity contribution in [1.82, 2.24) is 10.3 Å². The SMILES string of the molecule is CNC(=O)c1cc(F)ccc1Nc1cc(C2CC2)ncc1C(F)(F)F. The van der Waals surface area contributed by atoms with E-state index in [1.807, 2.05) is 0 Å². The fraction of sp³-hybridized carbons (Fsp3) is 0.294. The third-order valence-corrected chi connectivity index (χ3v) is 3.95. The number of alkyl halides is 3. The highest BCUT2D eigenvalue weighted by molar-refractivity contribution is 6.00. The van der Waals surface area contributed by atoms with Gasteiger partial charge in [-0.2, -0.15) is 13.2 Å². The van der Waals surface area contributed by atoms with Gasteiger partial charge in [-0.15, -0.1) is 0 Å². The summed E-state index contributed by atoms with van der Waals surface area (Å²) < 4.78 is 53.2. The number of nitrogens with one attached hydrogen (secondary N) is 2. The van der Waals surface area contributed by atoms with Crippen LogP contribution in [0, 0.1) is 5.82 Å². The number of hydrogen-bond donors (Lipinski definition) is 2. The Kier molecular flexibility index (Phi) is 4.36. The minimum Gasteiger partial charge on any atom is -0.355 e. The van der Waals surface area contributed by atoms with E-state index in [9.17, 15) is 22.4 Å². The molecule has 0 bridgehead atoms. The summed E-state index contributed by atoms with van der Waals surface area (Å²) >= 11 is 0. The third-order valence-electron chi connectivity index (χ3n) is 3.95. The summed E-state index contributed by atoms with van der Waals surface area (Å²) in [5, 5.41) is 4.96. The van der Waals surface area contributed by atoms with Crippen LogP contribution in [0.4, 0.5) is 28.9 Å². The molecule has 1 heterocycles. The van der Waals surface area contributed by atoms with Gasteiger partial charge in [0.15, 0.2) is 0 Å². The van der Waals surface area contributed by atoms with Crippen LogP contribution >= 0.6 is 0 Å². The number of hydrogen-bond acceptors (Lipinski definition) is 3. The molecule has 1 aromatic carbocycles. The number of benzene rings is 1. The van der Waals surface area contributed by atoms with Gasteiger partial charge in [-0.1, -0.05) is 0 Å². The Balaban J connectivity index is 2.05. The zero-order valence-electron chi connectivity index (χ0n) is 13.2. The number of amides is 1. The molecule has 1 aromatic heterocycles. The number of rotatable bonds is 4. The first-order chi connectivity index (χ1) is 11.8. The standard InChI is InChI=1S/C17H15F4N3O/c1-22-16(25)11-6-10(18)4-5-13(11)24-15-7-14(9-2-3-9)23-8-12(15)17(19,20)21/h4-9H,2-3H2,1H3,(H,22,25)(H,23,24). The highest BCUT2D eigenvalue weighted by atomic mass is 19.4. The molecule has 0 atom stereocenters. The maximum absolute atomic E-state index is 13.4. The second kappa shape index (κ2) is 6.34. The molecule has 1 saturated carbocycles. The summed E-state index contributed by atoms with van der Waals surface area (Å²) in [6, 6.07) is 4.62. The topological polar surface area (TPSA) is 54.0 Å². The maximum Gasteiger partial charge on any atom is 0.419 e. The number of halogens is 4. The lowest BCUT2D eigenvalue weighted by Crippen LogP contribution is -2.20. The van der Waals surface area contributed by atoms with Crippen molar-refractivity contribution in [3.05, 3.63) is 53.1 Å². The number of pyridine rings is 1. The number of carbonyl (C=O) groups is 1. The highest BCUT2D eigenvalue weighted by Gasteiger charge is 2.36. The second-order valence-corrected chi connectivity index (χ2v) is 5.82. The molecule has 25 heavy (non-hydrogen) atoms. The van der Waals surface area contributed by atoms with E-state index >= 15 is 0 Å². The molecule has 1 aliphatic carbocycles. The normalized spacial score (nSPS) is 14.3. The van der Waals surface area contributed by atoms with Crippen molar-refractivity contribution in [2.45, 2.75) is 24.9 Å². The van der Waals surface area contributed by atoms with Crippen LogP contribution in [0.25, 0.3) is 0 Å². The van der Waals surface area contributed by atoms with E-state index in [0.717, 1.165) is 31.2 Å². The van der Waals surface area contributed by atoms with Crippen molar-refractivity contribution in [1.29, 1.82) is 0 Å². The van der Waals surface area contributed by atoms with E-state index in [2.05, 4.69) is 15.6 Å². The van der Waals surface area contributed by atoms with Crippen molar-refractivity contribution in [3.8, 4) is 0 Å². The Morgan fingerprint density at radius 2 is 1.92 bits per heavy atom. The van der Waals surface area contributed by atoms with Crippen molar-refractivity contribution in [2.75, 3.05) is 12.4 Å². The lowest BCUT2D eigenvalue weighted by atomic mass is 10.1. The Labute approximate surface area is 141 Å². The molecular weight excluding hydrogens is 338 g/mol. The minimum atomic E-state index is -4.61. The van der Waals surface area contributed by atoms with Gasteiger partial charge in [0, 0.05) is 24.9 Å². The van der Waals surface area contributed by atoms with Crippen LogP contribution in [-0.2, 0) is 6.18 Å². The van der Waals surface area contributed by atoms with E-state index in [1.165, 1.54) is 19.2 Å². The molecule has 2 aromatic rings. The van der Waals surface area contributed by atoms with Crippen molar-refractivity contribution < 1.29 is 22.4 Å². The van der Waals surface area contributed by atoms with Gasteiger partial charge in [0.1, 0.15) is 5.82 Å². The summed E-state index contributed by atoms with van der Waals surface area (Å²) in [7, 11) is 1.36. The van der Waals surface area contributed by atoms with Gasteiger partial charge in [0.2, 0.25) is 0 Å². The Morgan fingerprint density at radius 3 is 2.52 bits per heavy atom. The van der Waals surface area contributed by atoms with Crippen LogP contribution in [0.1, 0.15) is 40.4 Å². The van der Waals surface area contributed by atoms with Crippen molar-refractivity contribution in [2.24, 2.45) is 0 Å². The van der Waals surface area contributed by atoms with Crippen LogP contribution in [0.5, 0.6) is 0 Å². The first kappa shape index (κ1) is 17.2. The summed E-state index contributed by atoms with van der Waals surface area (Å²) in [6.07, 6.45) is -2.04. The van der Waals surface area contributed by atoms with E-state index < -0.39 is 23.5 Å². The molecule has 2 N–H and O–H groups in total. The van der Waals surface area contributed by atoms with Gasteiger partial charge in [-0.05, 0) is 37.1 Å². The Bertz CT molecular complexity index is 816. The molecular formula is C17H15F4N3O. The van der Waals surface area contributed by atoms with E-state index in [4.69, 9.17) is 0 Å². The van der Waals surface area contributed by atoms with Gasteiger partial charge in [0.05, 0.1) is 22.5 Å². The van der Waals surface area contributed by atoms with Gasteiger partial charge in [0.25, 0.3) is 5.91 Å². The molecule has 0 saturated heterocycles.